The van der Waals surface area contributed by atoms with Gasteiger partial charge in [-0.15, -0.1) is 0 Å². The molecule has 3 rings (SSSR count). The van der Waals surface area contributed by atoms with Crippen LogP contribution in [-0.4, -0.2) is 10.5 Å². The minimum absolute atomic E-state index is 0.00921. The lowest BCUT2D eigenvalue weighted by Crippen LogP contribution is -2.18. The summed E-state index contributed by atoms with van der Waals surface area (Å²) in [4.78, 5) is 12.3. The molecule has 1 heterocycles. The fourth-order valence-electron chi connectivity index (χ4n) is 2.49. The van der Waals surface area contributed by atoms with Gasteiger partial charge in [0.1, 0.15) is 6.54 Å². The van der Waals surface area contributed by atoms with Crippen molar-refractivity contribution in [1.29, 1.82) is 0 Å². The highest BCUT2D eigenvalue weighted by atomic mass is 16.1. The van der Waals surface area contributed by atoms with Crippen LogP contribution in [0.5, 0.6) is 0 Å². The molecule has 0 aliphatic carbocycles. The summed E-state index contributed by atoms with van der Waals surface area (Å²) in [6, 6.07) is 16.2. The van der Waals surface area contributed by atoms with Gasteiger partial charge in [0, 0.05) is 17.4 Å². The SMILES string of the molecule is Cc1ccc(C)c(NC(=O)Cn2ccc3ccccc32)c1. The Kier molecular flexibility index (Phi) is 3.48. The molecule has 0 spiro atoms. The lowest BCUT2D eigenvalue weighted by Gasteiger charge is -2.10. The van der Waals surface area contributed by atoms with E-state index in [1.54, 1.807) is 0 Å². The third-order valence-corrected chi connectivity index (χ3v) is 3.66. The Balaban J connectivity index is 1.79. The summed E-state index contributed by atoms with van der Waals surface area (Å²) < 4.78 is 1.97. The third kappa shape index (κ3) is 2.82. The van der Waals surface area contributed by atoms with Crippen LogP contribution in [-0.2, 0) is 11.3 Å². The van der Waals surface area contributed by atoms with Gasteiger partial charge >= 0.3 is 0 Å². The highest BCUT2D eigenvalue weighted by Crippen LogP contribution is 2.18. The van der Waals surface area contributed by atoms with Crippen molar-refractivity contribution in [1.82, 2.24) is 4.57 Å². The Morgan fingerprint density at radius 2 is 1.90 bits per heavy atom. The summed E-state index contributed by atoms with van der Waals surface area (Å²) in [5, 5.41) is 4.14. The molecule has 106 valence electrons. The predicted octanol–water partition coefficient (Wildman–Crippen LogP) is 3.90. The van der Waals surface area contributed by atoms with Gasteiger partial charge in [0.05, 0.1) is 0 Å². The number of carbonyl (C=O) groups excluding carboxylic acids is 1. The summed E-state index contributed by atoms with van der Waals surface area (Å²) >= 11 is 0. The molecule has 21 heavy (non-hydrogen) atoms. The molecule has 0 saturated carbocycles. The molecule has 0 atom stereocenters. The number of aryl methyl sites for hydroxylation is 2. The van der Waals surface area contributed by atoms with Gasteiger partial charge in [-0.2, -0.15) is 0 Å². The number of rotatable bonds is 3. The third-order valence-electron chi connectivity index (χ3n) is 3.66. The highest BCUT2D eigenvalue weighted by Gasteiger charge is 2.08. The molecule has 0 fully saturated rings. The lowest BCUT2D eigenvalue weighted by atomic mass is 10.1. The van der Waals surface area contributed by atoms with E-state index in [4.69, 9.17) is 0 Å². The van der Waals surface area contributed by atoms with Crippen molar-refractivity contribution in [2.75, 3.05) is 5.32 Å². The van der Waals surface area contributed by atoms with Crippen molar-refractivity contribution in [3.63, 3.8) is 0 Å². The van der Waals surface area contributed by atoms with Crippen LogP contribution >= 0.6 is 0 Å². The largest absolute Gasteiger partial charge is 0.338 e. The minimum Gasteiger partial charge on any atom is -0.338 e. The van der Waals surface area contributed by atoms with Crippen molar-refractivity contribution in [2.45, 2.75) is 20.4 Å². The maximum atomic E-state index is 12.3. The molecular weight excluding hydrogens is 260 g/mol. The van der Waals surface area contributed by atoms with Crippen LogP contribution < -0.4 is 5.32 Å². The number of hydrogen-bond donors (Lipinski definition) is 1. The molecule has 0 aliphatic rings. The molecule has 0 aliphatic heterocycles. The van der Waals surface area contributed by atoms with Crippen LogP contribution in [0.3, 0.4) is 0 Å². The Labute approximate surface area is 124 Å². The fraction of sp³-hybridized carbons (Fsp3) is 0.167. The zero-order valence-electron chi connectivity index (χ0n) is 12.3. The molecule has 0 radical (unpaired) electrons. The summed E-state index contributed by atoms with van der Waals surface area (Å²) in [7, 11) is 0. The number of para-hydroxylation sites is 1. The molecule has 1 aromatic heterocycles. The topological polar surface area (TPSA) is 34.0 Å². The maximum Gasteiger partial charge on any atom is 0.244 e. The number of carbonyl (C=O) groups is 1. The minimum atomic E-state index is -0.00921. The standard InChI is InChI=1S/C18H18N2O/c1-13-7-8-14(2)16(11-13)19-18(21)12-20-10-9-15-5-3-4-6-17(15)20/h3-11H,12H2,1-2H3,(H,19,21). The zero-order chi connectivity index (χ0) is 14.8. The van der Waals surface area contributed by atoms with E-state index in [0.29, 0.717) is 6.54 Å². The van der Waals surface area contributed by atoms with Crippen molar-refractivity contribution < 1.29 is 4.79 Å². The van der Waals surface area contributed by atoms with E-state index in [1.165, 1.54) is 0 Å². The Morgan fingerprint density at radius 3 is 2.76 bits per heavy atom. The van der Waals surface area contributed by atoms with E-state index in [2.05, 4.69) is 11.4 Å². The van der Waals surface area contributed by atoms with E-state index in [9.17, 15) is 4.79 Å². The molecule has 3 nitrogen and oxygen atoms in total. The first-order valence-corrected chi connectivity index (χ1v) is 7.04. The summed E-state index contributed by atoms with van der Waals surface area (Å²) in [5.41, 5.74) is 4.18. The summed E-state index contributed by atoms with van der Waals surface area (Å²) in [6.07, 6.45) is 1.95. The number of benzene rings is 2. The van der Waals surface area contributed by atoms with Gasteiger partial charge in [-0.3, -0.25) is 4.79 Å². The van der Waals surface area contributed by atoms with Crippen LogP contribution in [0.2, 0.25) is 0 Å². The lowest BCUT2D eigenvalue weighted by molar-refractivity contribution is -0.116. The first kappa shape index (κ1) is 13.4. The Bertz CT molecular complexity index is 802. The zero-order valence-corrected chi connectivity index (χ0v) is 12.3. The molecule has 0 saturated heterocycles. The fourth-order valence-corrected chi connectivity index (χ4v) is 2.49. The number of anilines is 1. The van der Waals surface area contributed by atoms with E-state index < -0.39 is 0 Å². The molecule has 2 aromatic carbocycles. The van der Waals surface area contributed by atoms with Crippen LogP contribution in [0.1, 0.15) is 11.1 Å². The van der Waals surface area contributed by atoms with Gasteiger partial charge in [-0.25, -0.2) is 0 Å². The van der Waals surface area contributed by atoms with Crippen LogP contribution in [0.15, 0.2) is 54.7 Å². The Morgan fingerprint density at radius 1 is 1.10 bits per heavy atom. The average Bonchev–Trinajstić information content (AvgIpc) is 2.86. The average molecular weight is 278 g/mol. The Hall–Kier alpha value is -2.55. The van der Waals surface area contributed by atoms with Gasteiger partial charge in [-0.1, -0.05) is 30.3 Å². The monoisotopic (exact) mass is 278 g/mol. The number of nitrogens with one attached hydrogen (secondary N) is 1. The van der Waals surface area contributed by atoms with Gasteiger partial charge in [0.2, 0.25) is 5.91 Å². The van der Waals surface area contributed by atoms with E-state index in [-0.39, 0.29) is 5.91 Å². The van der Waals surface area contributed by atoms with E-state index >= 15 is 0 Å². The smallest absolute Gasteiger partial charge is 0.244 e. The second kappa shape index (κ2) is 5.44. The van der Waals surface area contributed by atoms with E-state index in [0.717, 1.165) is 27.7 Å². The van der Waals surface area contributed by atoms with Crippen molar-refractivity contribution >= 4 is 22.5 Å². The first-order chi connectivity index (χ1) is 10.1. The maximum absolute atomic E-state index is 12.3. The quantitative estimate of drug-likeness (QED) is 0.774. The van der Waals surface area contributed by atoms with Gasteiger partial charge < -0.3 is 9.88 Å². The normalized spacial score (nSPS) is 10.8. The number of amides is 1. The number of aromatic nitrogens is 1. The van der Waals surface area contributed by atoms with Crippen molar-refractivity contribution in [2.24, 2.45) is 0 Å². The van der Waals surface area contributed by atoms with Crippen molar-refractivity contribution in [3.05, 3.63) is 65.9 Å². The van der Waals surface area contributed by atoms with Crippen LogP contribution in [0, 0.1) is 13.8 Å². The summed E-state index contributed by atoms with van der Waals surface area (Å²) in [5.74, 6) is -0.00921. The number of hydrogen-bond acceptors (Lipinski definition) is 1. The van der Waals surface area contributed by atoms with Gasteiger partial charge in [0.15, 0.2) is 0 Å². The van der Waals surface area contributed by atoms with Crippen LogP contribution in [0.4, 0.5) is 5.69 Å². The van der Waals surface area contributed by atoms with Gasteiger partial charge in [0.25, 0.3) is 0 Å². The molecular formula is C18H18N2O. The predicted molar refractivity (Wildman–Crippen MR) is 86.5 cm³/mol. The molecule has 3 aromatic rings. The molecule has 1 N–H and O–H groups in total. The van der Waals surface area contributed by atoms with Crippen LogP contribution in [0.25, 0.3) is 10.9 Å². The molecule has 3 heteroatoms. The molecule has 0 unspecified atom stereocenters. The molecule has 1 amide bonds. The molecule has 0 bridgehead atoms. The first-order valence-electron chi connectivity index (χ1n) is 7.04. The van der Waals surface area contributed by atoms with E-state index in [1.807, 2.05) is 67.1 Å². The second-order valence-corrected chi connectivity index (χ2v) is 5.37. The number of nitrogens with zero attached hydrogens (tertiary/aromatic N) is 1. The number of fused-ring (bicyclic) bond motifs is 1. The second-order valence-electron chi connectivity index (χ2n) is 5.37. The summed E-state index contributed by atoms with van der Waals surface area (Å²) in [6.45, 7) is 4.34. The van der Waals surface area contributed by atoms with Crippen molar-refractivity contribution in [3.8, 4) is 0 Å². The van der Waals surface area contributed by atoms with Gasteiger partial charge in [-0.05, 0) is 48.6 Å². The highest BCUT2D eigenvalue weighted by molar-refractivity contribution is 5.92.